The Morgan fingerprint density at radius 3 is 2.67 bits per heavy atom. The predicted octanol–water partition coefficient (Wildman–Crippen LogP) is 3.70. The van der Waals surface area contributed by atoms with Gasteiger partial charge in [0, 0.05) is 17.2 Å². The number of aromatic nitrogens is 1. The van der Waals surface area contributed by atoms with E-state index in [-0.39, 0.29) is 11.7 Å². The third-order valence-electron chi connectivity index (χ3n) is 2.38. The van der Waals surface area contributed by atoms with Gasteiger partial charge in [-0.3, -0.25) is 10.1 Å². The maximum absolute atomic E-state index is 12.0. The number of halogens is 2. The first-order valence-corrected chi connectivity index (χ1v) is 6.81. The van der Waals surface area contributed by atoms with Crippen LogP contribution in [0.4, 0.5) is 13.9 Å². The SMILES string of the molecule is Cc1cnc(NC(=O)C=Cc2ccc(OC(F)F)cc2)s1. The number of thiazole rings is 1. The maximum atomic E-state index is 12.0. The first-order valence-electron chi connectivity index (χ1n) is 5.99. The van der Waals surface area contributed by atoms with E-state index in [9.17, 15) is 13.6 Å². The van der Waals surface area contributed by atoms with Crippen LogP contribution in [0.2, 0.25) is 0 Å². The molecule has 1 N–H and O–H groups in total. The zero-order valence-corrected chi connectivity index (χ0v) is 11.9. The van der Waals surface area contributed by atoms with Crippen molar-refractivity contribution in [1.82, 2.24) is 4.98 Å². The highest BCUT2D eigenvalue weighted by Gasteiger charge is 2.04. The van der Waals surface area contributed by atoms with E-state index in [1.807, 2.05) is 6.92 Å². The molecule has 1 amide bonds. The zero-order chi connectivity index (χ0) is 15.2. The van der Waals surface area contributed by atoms with Gasteiger partial charge in [0.25, 0.3) is 0 Å². The van der Waals surface area contributed by atoms with Crippen LogP contribution in [0.15, 0.2) is 36.5 Å². The van der Waals surface area contributed by atoms with Crippen LogP contribution in [0.1, 0.15) is 10.4 Å². The van der Waals surface area contributed by atoms with Crippen molar-refractivity contribution in [2.75, 3.05) is 5.32 Å². The third kappa shape index (κ3) is 4.96. The highest BCUT2D eigenvalue weighted by atomic mass is 32.1. The number of anilines is 1. The van der Waals surface area contributed by atoms with E-state index in [1.165, 1.54) is 29.5 Å². The third-order valence-corrected chi connectivity index (χ3v) is 3.21. The number of rotatable bonds is 5. The Kier molecular flexibility index (Phi) is 4.99. The molecule has 0 saturated carbocycles. The Hall–Kier alpha value is -2.28. The lowest BCUT2D eigenvalue weighted by molar-refractivity contribution is -0.111. The van der Waals surface area contributed by atoms with Crippen molar-refractivity contribution in [3.63, 3.8) is 0 Å². The Balaban J connectivity index is 1.92. The van der Waals surface area contributed by atoms with E-state index in [1.54, 1.807) is 24.4 Å². The van der Waals surface area contributed by atoms with Crippen LogP contribution in [0.25, 0.3) is 6.08 Å². The van der Waals surface area contributed by atoms with Crippen LogP contribution in [-0.4, -0.2) is 17.5 Å². The van der Waals surface area contributed by atoms with E-state index in [4.69, 9.17) is 0 Å². The summed E-state index contributed by atoms with van der Waals surface area (Å²) in [6, 6.07) is 5.98. The standard InChI is InChI=1S/C14H12F2N2O2S/c1-9-8-17-14(21-9)18-12(19)7-4-10-2-5-11(6-3-10)20-13(15)16/h2-8,13H,1H3,(H,17,18,19). The first kappa shape index (κ1) is 15.1. The molecule has 1 aromatic carbocycles. The number of nitrogens with one attached hydrogen (secondary N) is 1. The highest BCUT2D eigenvalue weighted by molar-refractivity contribution is 7.15. The smallest absolute Gasteiger partial charge is 0.387 e. The number of nitrogens with zero attached hydrogens (tertiary/aromatic N) is 1. The van der Waals surface area contributed by atoms with Gasteiger partial charge in [-0.1, -0.05) is 12.1 Å². The van der Waals surface area contributed by atoms with Gasteiger partial charge in [-0.15, -0.1) is 11.3 Å². The Morgan fingerprint density at radius 1 is 1.38 bits per heavy atom. The van der Waals surface area contributed by atoms with Crippen molar-refractivity contribution in [3.05, 3.63) is 47.0 Å². The molecule has 4 nitrogen and oxygen atoms in total. The molecule has 1 heterocycles. The van der Waals surface area contributed by atoms with Gasteiger partial charge in [0.15, 0.2) is 5.13 Å². The van der Waals surface area contributed by atoms with Gasteiger partial charge in [-0.2, -0.15) is 8.78 Å². The molecule has 110 valence electrons. The van der Waals surface area contributed by atoms with Gasteiger partial charge in [0.2, 0.25) is 5.91 Å². The molecule has 1 aromatic heterocycles. The van der Waals surface area contributed by atoms with Gasteiger partial charge >= 0.3 is 6.61 Å². The van der Waals surface area contributed by atoms with Crippen LogP contribution in [-0.2, 0) is 4.79 Å². The number of alkyl halides is 2. The molecule has 0 radical (unpaired) electrons. The lowest BCUT2D eigenvalue weighted by Gasteiger charge is -2.03. The largest absolute Gasteiger partial charge is 0.435 e. The van der Waals surface area contributed by atoms with E-state index in [0.29, 0.717) is 10.7 Å². The number of ether oxygens (including phenoxy) is 1. The molecule has 2 rings (SSSR count). The average Bonchev–Trinajstić information content (AvgIpc) is 2.83. The molecule has 7 heteroatoms. The van der Waals surface area contributed by atoms with E-state index < -0.39 is 6.61 Å². The second-order valence-electron chi connectivity index (χ2n) is 4.05. The van der Waals surface area contributed by atoms with E-state index in [2.05, 4.69) is 15.0 Å². The first-order chi connectivity index (χ1) is 10.0. The predicted molar refractivity (Wildman–Crippen MR) is 77.6 cm³/mol. The van der Waals surface area contributed by atoms with Crippen LogP contribution < -0.4 is 10.1 Å². The average molecular weight is 310 g/mol. The van der Waals surface area contributed by atoms with Crippen molar-refractivity contribution < 1.29 is 18.3 Å². The molecule has 0 aliphatic rings. The molecule has 0 aliphatic heterocycles. The van der Waals surface area contributed by atoms with Gasteiger partial charge in [-0.05, 0) is 30.7 Å². The molecule has 0 unspecified atom stereocenters. The molecule has 0 saturated heterocycles. The Labute approximate surface area is 124 Å². The van der Waals surface area contributed by atoms with E-state index in [0.717, 1.165) is 4.88 Å². The van der Waals surface area contributed by atoms with Gasteiger partial charge < -0.3 is 4.74 Å². The fraction of sp³-hybridized carbons (Fsp3) is 0.143. The normalized spacial score (nSPS) is 11.0. The fourth-order valence-corrected chi connectivity index (χ4v) is 2.16. The highest BCUT2D eigenvalue weighted by Crippen LogP contribution is 2.17. The number of carbonyl (C=O) groups excluding carboxylic acids is 1. The second kappa shape index (κ2) is 6.94. The number of benzene rings is 1. The molecule has 0 fully saturated rings. The summed E-state index contributed by atoms with van der Waals surface area (Å²) < 4.78 is 28.2. The molecule has 0 aliphatic carbocycles. The second-order valence-corrected chi connectivity index (χ2v) is 5.28. The fourth-order valence-electron chi connectivity index (χ4n) is 1.49. The number of carbonyl (C=O) groups is 1. The van der Waals surface area contributed by atoms with Crippen molar-refractivity contribution in [2.24, 2.45) is 0 Å². The summed E-state index contributed by atoms with van der Waals surface area (Å²) in [6.07, 6.45) is 4.59. The lowest BCUT2D eigenvalue weighted by atomic mass is 10.2. The topological polar surface area (TPSA) is 51.2 Å². The zero-order valence-electron chi connectivity index (χ0n) is 11.0. The van der Waals surface area contributed by atoms with Crippen LogP contribution in [0.3, 0.4) is 0 Å². The summed E-state index contributed by atoms with van der Waals surface area (Å²) >= 11 is 1.38. The molecule has 0 bridgehead atoms. The van der Waals surface area contributed by atoms with Crippen LogP contribution in [0, 0.1) is 6.92 Å². The Morgan fingerprint density at radius 2 is 2.10 bits per heavy atom. The maximum Gasteiger partial charge on any atom is 0.387 e. The van der Waals surface area contributed by atoms with Gasteiger partial charge in [0.05, 0.1) is 0 Å². The molecular formula is C14H12F2N2O2S. The summed E-state index contributed by atoms with van der Waals surface area (Å²) in [7, 11) is 0. The number of aryl methyl sites for hydroxylation is 1. The van der Waals surface area contributed by atoms with Crippen molar-refractivity contribution in [2.45, 2.75) is 13.5 Å². The summed E-state index contributed by atoms with van der Waals surface area (Å²) in [5, 5.41) is 3.16. The summed E-state index contributed by atoms with van der Waals surface area (Å²) in [4.78, 5) is 16.7. The quantitative estimate of drug-likeness (QED) is 0.857. The van der Waals surface area contributed by atoms with E-state index >= 15 is 0 Å². The molecule has 2 aromatic rings. The van der Waals surface area contributed by atoms with Crippen molar-refractivity contribution >= 4 is 28.5 Å². The molecule has 21 heavy (non-hydrogen) atoms. The lowest BCUT2D eigenvalue weighted by Crippen LogP contribution is -2.07. The minimum absolute atomic E-state index is 0.0739. The number of hydrogen-bond donors (Lipinski definition) is 1. The van der Waals surface area contributed by atoms with Crippen molar-refractivity contribution in [3.8, 4) is 5.75 Å². The number of hydrogen-bond acceptors (Lipinski definition) is 4. The monoisotopic (exact) mass is 310 g/mol. The summed E-state index contributed by atoms with van der Waals surface area (Å²) in [5.41, 5.74) is 0.696. The number of amides is 1. The summed E-state index contributed by atoms with van der Waals surface area (Å²) in [5.74, 6) is -0.234. The molecule has 0 spiro atoms. The molecule has 0 atom stereocenters. The minimum atomic E-state index is -2.85. The van der Waals surface area contributed by atoms with Gasteiger partial charge in [0.1, 0.15) is 5.75 Å². The molecular weight excluding hydrogens is 298 g/mol. The van der Waals surface area contributed by atoms with Gasteiger partial charge in [-0.25, -0.2) is 4.98 Å². The van der Waals surface area contributed by atoms with Crippen LogP contribution >= 0.6 is 11.3 Å². The minimum Gasteiger partial charge on any atom is -0.435 e. The Bertz CT molecular complexity index is 639. The van der Waals surface area contributed by atoms with Crippen molar-refractivity contribution in [1.29, 1.82) is 0 Å². The summed E-state index contributed by atoms with van der Waals surface area (Å²) in [6.45, 7) is -0.953. The van der Waals surface area contributed by atoms with Crippen LogP contribution in [0.5, 0.6) is 5.75 Å².